The van der Waals surface area contributed by atoms with Crippen molar-refractivity contribution in [3.63, 3.8) is 0 Å². The van der Waals surface area contributed by atoms with E-state index in [-0.39, 0.29) is 36.2 Å². The van der Waals surface area contributed by atoms with E-state index in [1.807, 2.05) is 52.0 Å². The molecule has 6 heteroatoms. The van der Waals surface area contributed by atoms with Crippen LogP contribution in [0.2, 0.25) is 0 Å². The molecule has 2 aromatic carbocycles. The molecular weight excluding hydrogens is 419 g/mol. The average molecular weight is 457 g/mol. The summed E-state index contributed by atoms with van der Waals surface area (Å²) < 4.78 is 19.4. The third-order valence-corrected chi connectivity index (χ3v) is 5.20. The van der Waals surface area contributed by atoms with E-state index in [1.54, 1.807) is 12.1 Å². The summed E-state index contributed by atoms with van der Waals surface area (Å²) in [5.74, 6) is -0.238. The average Bonchev–Trinajstić information content (AvgIpc) is 2.71. The minimum Gasteiger partial charge on any atom is -0.483 e. The van der Waals surface area contributed by atoms with Crippen molar-refractivity contribution in [3.8, 4) is 5.75 Å². The number of carbonyl (C=O) groups is 2. The van der Waals surface area contributed by atoms with Crippen LogP contribution in [0.5, 0.6) is 5.75 Å². The molecule has 33 heavy (non-hydrogen) atoms. The van der Waals surface area contributed by atoms with E-state index in [4.69, 9.17) is 4.74 Å². The molecule has 0 spiro atoms. The number of nitrogens with one attached hydrogen (secondary N) is 1. The molecule has 0 fully saturated rings. The topological polar surface area (TPSA) is 58.6 Å². The number of hydrogen-bond donors (Lipinski definition) is 1. The van der Waals surface area contributed by atoms with Crippen molar-refractivity contribution >= 4 is 11.8 Å². The zero-order valence-electron chi connectivity index (χ0n) is 20.9. The van der Waals surface area contributed by atoms with E-state index in [0.717, 1.165) is 11.1 Å². The molecule has 0 aliphatic rings. The number of para-hydroxylation sites is 1. The zero-order valence-corrected chi connectivity index (χ0v) is 20.9. The third-order valence-electron chi connectivity index (χ3n) is 5.20. The molecule has 0 heterocycles. The van der Waals surface area contributed by atoms with Gasteiger partial charge in [-0.3, -0.25) is 9.59 Å². The molecule has 2 rings (SSSR count). The van der Waals surface area contributed by atoms with E-state index in [9.17, 15) is 14.0 Å². The molecule has 0 aliphatic carbocycles. The summed E-state index contributed by atoms with van der Waals surface area (Å²) in [5, 5.41) is 2.97. The van der Waals surface area contributed by atoms with Crippen molar-refractivity contribution in [2.45, 2.75) is 78.4 Å². The molecule has 0 bridgehead atoms. The molecule has 0 aromatic heterocycles. The van der Waals surface area contributed by atoms with Crippen LogP contribution in [0.4, 0.5) is 4.39 Å². The number of carbonyl (C=O) groups excluding carboxylic acids is 2. The van der Waals surface area contributed by atoms with Gasteiger partial charge in [0.05, 0.1) is 0 Å². The molecule has 0 saturated carbocycles. The summed E-state index contributed by atoms with van der Waals surface area (Å²) in [5.41, 5.74) is 1.16. The number of halogens is 1. The lowest BCUT2D eigenvalue weighted by Gasteiger charge is -2.33. The van der Waals surface area contributed by atoms with E-state index in [2.05, 4.69) is 26.1 Å². The summed E-state index contributed by atoms with van der Waals surface area (Å²) in [7, 11) is 0. The van der Waals surface area contributed by atoms with Crippen LogP contribution in [-0.4, -0.2) is 34.9 Å². The summed E-state index contributed by atoms with van der Waals surface area (Å²) in [6.07, 6.45) is 0.438. The predicted molar refractivity (Wildman–Crippen MR) is 130 cm³/mol. The molecule has 0 unspecified atom stereocenters. The molecule has 0 saturated heterocycles. The molecule has 2 amide bonds. The SMILES string of the molecule is CC[C@@H](C(=O)NC(C)(C)C)N(Cc1ccc(F)cc1)C(=O)COc1ccccc1C(C)(C)C. The van der Waals surface area contributed by atoms with Gasteiger partial charge in [-0.1, -0.05) is 58.0 Å². The van der Waals surface area contributed by atoms with Gasteiger partial charge in [0, 0.05) is 12.1 Å². The first kappa shape index (κ1) is 26.4. The fourth-order valence-electron chi connectivity index (χ4n) is 3.59. The molecule has 1 N–H and O–H groups in total. The number of nitrogens with zero attached hydrogens (tertiary/aromatic N) is 1. The fourth-order valence-corrected chi connectivity index (χ4v) is 3.59. The van der Waals surface area contributed by atoms with Crippen LogP contribution in [0.25, 0.3) is 0 Å². The molecular formula is C27H37FN2O3. The largest absolute Gasteiger partial charge is 0.483 e. The highest BCUT2D eigenvalue weighted by atomic mass is 19.1. The van der Waals surface area contributed by atoms with Crippen molar-refractivity contribution in [2.24, 2.45) is 0 Å². The number of benzene rings is 2. The first-order chi connectivity index (χ1) is 15.3. The number of rotatable bonds is 8. The minimum absolute atomic E-state index is 0.147. The molecule has 0 radical (unpaired) electrons. The van der Waals surface area contributed by atoms with Gasteiger partial charge in [-0.15, -0.1) is 0 Å². The van der Waals surface area contributed by atoms with E-state index >= 15 is 0 Å². The molecule has 5 nitrogen and oxygen atoms in total. The Balaban J connectivity index is 2.29. The first-order valence-corrected chi connectivity index (χ1v) is 11.4. The lowest BCUT2D eigenvalue weighted by Crippen LogP contribution is -2.54. The summed E-state index contributed by atoms with van der Waals surface area (Å²) in [6.45, 7) is 13.8. The van der Waals surface area contributed by atoms with Gasteiger partial charge >= 0.3 is 0 Å². The van der Waals surface area contributed by atoms with Gasteiger partial charge in [0.2, 0.25) is 5.91 Å². The highest BCUT2D eigenvalue weighted by Gasteiger charge is 2.31. The van der Waals surface area contributed by atoms with Crippen LogP contribution in [0.3, 0.4) is 0 Å². The Morgan fingerprint density at radius 1 is 1.00 bits per heavy atom. The van der Waals surface area contributed by atoms with Gasteiger partial charge in [-0.2, -0.15) is 0 Å². The smallest absolute Gasteiger partial charge is 0.261 e. The highest BCUT2D eigenvalue weighted by Crippen LogP contribution is 2.31. The minimum atomic E-state index is -0.678. The van der Waals surface area contributed by atoms with E-state index in [0.29, 0.717) is 12.2 Å². The fraction of sp³-hybridized carbons (Fsp3) is 0.481. The van der Waals surface area contributed by atoms with Crippen molar-refractivity contribution in [1.82, 2.24) is 10.2 Å². The normalized spacial score (nSPS) is 12.7. The van der Waals surface area contributed by atoms with Crippen molar-refractivity contribution in [3.05, 3.63) is 65.5 Å². The predicted octanol–water partition coefficient (Wildman–Crippen LogP) is 5.22. The van der Waals surface area contributed by atoms with Gasteiger partial charge < -0.3 is 15.0 Å². The Morgan fingerprint density at radius 2 is 1.61 bits per heavy atom. The maximum absolute atomic E-state index is 13.4. The Kier molecular flexibility index (Phi) is 8.64. The van der Waals surface area contributed by atoms with E-state index in [1.165, 1.54) is 17.0 Å². The van der Waals surface area contributed by atoms with Crippen molar-refractivity contribution in [1.29, 1.82) is 0 Å². The monoisotopic (exact) mass is 456 g/mol. The Labute approximate surface area is 197 Å². The van der Waals surface area contributed by atoms with Crippen LogP contribution in [-0.2, 0) is 21.5 Å². The lowest BCUT2D eigenvalue weighted by atomic mass is 9.86. The van der Waals surface area contributed by atoms with Gasteiger partial charge in [0.1, 0.15) is 17.6 Å². The number of hydrogen-bond acceptors (Lipinski definition) is 3. The highest BCUT2D eigenvalue weighted by molar-refractivity contribution is 5.88. The standard InChI is InChI=1S/C27H37FN2O3/c1-8-22(25(32)29-27(5,6)7)30(17-19-13-15-20(28)16-14-19)24(31)18-33-23-12-10-9-11-21(23)26(2,3)4/h9-16,22H,8,17-18H2,1-7H3,(H,29,32)/t22-/m0/s1. The second-order valence-electron chi connectivity index (χ2n) is 10.3. The van der Waals surface area contributed by atoms with Crippen LogP contribution in [0, 0.1) is 5.82 Å². The van der Waals surface area contributed by atoms with Gasteiger partial charge in [-0.05, 0) is 61.9 Å². The Bertz CT molecular complexity index is 943. The Hall–Kier alpha value is -2.89. The van der Waals surface area contributed by atoms with Gasteiger partial charge in [0.25, 0.3) is 5.91 Å². The van der Waals surface area contributed by atoms with Crippen LogP contribution in [0.1, 0.15) is 66.0 Å². The first-order valence-electron chi connectivity index (χ1n) is 11.4. The molecule has 180 valence electrons. The maximum Gasteiger partial charge on any atom is 0.261 e. The molecule has 2 aromatic rings. The third kappa shape index (κ3) is 7.88. The zero-order chi connectivity index (χ0) is 24.8. The van der Waals surface area contributed by atoms with Crippen LogP contribution >= 0.6 is 0 Å². The van der Waals surface area contributed by atoms with Crippen molar-refractivity contribution < 1.29 is 18.7 Å². The quantitative estimate of drug-likeness (QED) is 0.592. The van der Waals surface area contributed by atoms with Crippen LogP contribution in [0.15, 0.2) is 48.5 Å². The maximum atomic E-state index is 13.4. The Morgan fingerprint density at radius 3 is 2.15 bits per heavy atom. The number of amides is 2. The molecule has 0 aliphatic heterocycles. The second kappa shape index (κ2) is 10.8. The summed E-state index contributed by atoms with van der Waals surface area (Å²) in [6, 6.07) is 12.9. The molecule has 1 atom stereocenters. The summed E-state index contributed by atoms with van der Waals surface area (Å²) in [4.78, 5) is 27.9. The van der Waals surface area contributed by atoms with Crippen LogP contribution < -0.4 is 10.1 Å². The van der Waals surface area contributed by atoms with E-state index < -0.39 is 11.6 Å². The lowest BCUT2D eigenvalue weighted by molar-refractivity contribution is -0.143. The number of ether oxygens (including phenoxy) is 1. The summed E-state index contributed by atoms with van der Waals surface area (Å²) >= 11 is 0. The van der Waals surface area contributed by atoms with Gasteiger partial charge in [0.15, 0.2) is 6.61 Å². The second-order valence-corrected chi connectivity index (χ2v) is 10.3. The van der Waals surface area contributed by atoms with Crippen molar-refractivity contribution in [2.75, 3.05) is 6.61 Å². The van der Waals surface area contributed by atoms with Gasteiger partial charge in [-0.25, -0.2) is 4.39 Å².